The Balaban J connectivity index is 2.74. The fourth-order valence-corrected chi connectivity index (χ4v) is 1.51. The third kappa shape index (κ3) is 6.03. The van der Waals surface area contributed by atoms with Gasteiger partial charge in [-0.15, -0.1) is 0 Å². The zero-order valence-electron chi connectivity index (χ0n) is 12.7. The zero-order chi connectivity index (χ0) is 14.5. The Morgan fingerprint density at radius 1 is 1.37 bits per heavy atom. The quantitative estimate of drug-likeness (QED) is 0.830. The number of aryl methyl sites for hydroxylation is 1. The second-order valence-corrected chi connectivity index (χ2v) is 5.87. The molecule has 1 rings (SSSR count). The summed E-state index contributed by atoms with van der Waals surface area (Å²) in [4.78, 5) is 4.51. The Morgan fingerprint density at radius 3 is 2.63 bits per heavy atom. The molecular weight excluding hydrogens is 240 g/mol. The van der Waals surface area contributed by atoms with Crippen molar-refractivity contribution in [2.75, 3.05) is 6.61 Å². The first kappa shape index (κ1) is 15.9. The van der Waals surface area contributed by atoms with Gasteiger partial charge in [0.25, 0.3) is 0 Å². The standard InChI is InChI=1S/C15H26N2O2/c1-6-12(18)10-19-14-8-7-11(2)17-13(14)9-16-15(3,4)5/h7-8,12,16,18H,6,9-10H2,1-5H3. The summed E-state index contributed by atoms with van der Waals surface area (Å²) in [5, 5.41) is 13.0. The van der Waals surface area contributed by atoms with Crippen LogP contribution < -0.4 is 10.1 Å². The maximum absolute atomic E-state index is 9.56. The molecular formula is C15H26N2O2. The van der Waals surface area contributed by atoms with Gasteiger partial charge in [0, 0.05) is 17.8 Å². The molecule has 19 heavy (non-hydrogen) atoms. The lowest BCUT2D eigenvalue weighted by molar-refractivity contribution is 0.103. The van der Waals surface area contributed by atoms with Crippen molar-refractivity contribution in [1.82, 2.24) is 10.3 Å². The Hall–Kier alpha value is -1.13. The molecule has 2 N–H and O–H groups in total. The Labute approximate surface area is 116 Å². The van der Waals surface area contributed by atoms with Crippen molar-refractivity contribution >= 4 is 0 Å². The van der Waals surface area contributed by atoms with Crippen LogP contribution in [-0.2, 0) is 6.54 Å². The smallest absolute Gasteiger partial charge is 0.142 e. The third-order valence-corrected chi connectivity index (χ3v) is 2.76. The number of aliphatic hydroxyl groups excluding tert-OH is 1. The van der Waals surface area contributed by atoms with Gasteiger partial charge in [-0.05, 0) is 46.2 Å². The normalized spacial score (nSPS) is 13.4. The monoisotopic (exact) mass is 266 g/mol. The second-order valence-electron chi connectivity index (χ2n) is 5.87. The van der Waals surface area contributed by atoms with Crippen LogP contribution in [0.2, 0.25) is 0 Å². The molecule has 4 heteroatoms. The minimum Gasteiger partial charge on any atom is -0.489 e. The third-order valence-electron chi connectivity index (χ3n) is 2.76. The lowest BCUT2D eigenvalue weighted by atomic mass is 10.1. The number of pyridine rings is 1. The van der Waals surface area contributed by atoms with Crippen LogP contribution in [0.15, 0.2) is 12.1 Å². The SMILES string of the molecule is CCC(O)COc1ccc(C)nc1CNC(C)(C)C. The van der Waals surface area contributed by atoms with Crippen LogP contribution in [0.3, 0.4) is 0 Å². The molecule has 0 radical (unpaired) electrons. The van der Waals surface area contributed by atoms with Crippen molar-refractivity contribution in [2.24, 2.45) is 0 Å². The molecule has 108 valence electrons. The molecule has 1 unspecified atom stereocenters. The van der Waals surface area contributed by atoms with Gasteiger partial charge in [0.05, 0.1) is 11.8 Å². The number of nitrogens with one attached hydrogen (secondary N) is 1. The molecule has 4 nitrogen and oxygen atoms in total. The topological polar surface area (TPSA) is 54.4 Å². The molecule has 0 aliphatic heterocycles. The number of hydrogen-bond acceptors (Lipinski definition) is 4. The van der Waals surface area contributed by atoms with E-state index < -0.39 is 6.10 Å². The highest BCUT2D eigenvalue weighted by Gasteiger charge is 2.13. The van der Waals surface area contributed by atoms with E-state index >= 15 is 0 Å². The molecule has 0 aromatic carbocycles. The fourth-order valence-electron chi connectivity index (χ4n) is 1.51. The maximum atomic E-state index is 9.56. The van der Waals surface area contributed by atoms with Crippen molar-refractivity contribution in [2.45, 2.75) is 59.2 Å². The molecule has 0 fully saturated rings. The van der Waals surface area contributed by atoms with E-state index in [0.29, 0.717) is 19.6 Å². The van der Waals surface area contributed by atoms with Crippen LogP contribution in [0.5, 0.6) is 5.75 Å². The molecule has 0 saturated heterocycles. The number of nitrogens with zero attached hydrogens (tertiary/aromatic N) is 1. The van der Waals surface area contributed by atoms with Crippen molar-refractivity contribution < 1.29 is 9.84 Å². The van der Waals surface area contributed by atoms with Gasteiger partial charge in [0.2, 0.25) is 0 Å². The van der Waals surface area contributed by atoms with Gasteiger partial charge in [0.15, 0.2) is 0 Å². The lowest BCUT2D eigenvalue weighted by Crippen LogP contribution is -2.35. The molecule has 1 atom stereocenters. The van der Waals surface area contributed by atoms with E-state index in [2.05, 4.69) is 31.1 Å². The van der Waals surface area contributed by atoms with Crippen LogP contribution in [-0.4, -0.2) is 28.3 Å². The number of rotatable bonds is 6. The van der Waals surface area contributed by atoms with Crippen LogP contribution in [0.4, 0.5) is 0 Å². The maximum Gasteiger partial charge on any atom is 0.142 e. The van der Waals surface area contributed by atoms with E-state index in [-0.39, 0.29) is 5.54 Å². The van der Waals surface area contributed by atoms with Crippen molar-refractivity contribution in [3.63, 3.8) is 0 Å². The minimum atomic E-state index is -0.426. The zero-order valence-corrected chi connectivity index (χ0v) is 12.7. The van der Waals surface area contributed by atoms with Crippen LogP contribution in [0, 0.1) is 6.92 Å². The first-order valence-electron chi connectivity index (χ1n) is 6.84. The van der Waals surface area contributed by atoms with Gasteiger partial charge in [0.1, 0.15) is 12.4 Å². The number of aliphatic hydroxyl groups is 1. The van der Waals surface area contributed by atoms with Gasteiger partial charge in [-0.25, -0.2) is 0 Å². The van der Waals surface area contributed by atoms with Crippen molar-refractivity contribution in [3.05, 3.63) is 23.5 Å². The average Bonchev–Trinajstić information content (AvgIpc) is 2.33. The summed E-state index contributed by atoms with van der Waals surface area (Å²) in [6.45, 7) is 11.2. The summed E-state index contributed by atoms with van der Waals surface area (Å²) < 4.78 is 5.66. The molecule has 0 aliphatic carbocycles. The largest absolute Gasteiger partial charge is 0.489 e. The Kier molecular flexibility index (Phi) is 5.76. The summed E-state index contributed by atoms with van der Waals surface area (Å²) in [5.74, 6) is 0.745. The van der Waals surface area contributed by atoms with E-state index in [9.17, 15) is 5.11 Å². The molecule has 0 spiro atoms. The first-order valence-corrected chi connectivity index (χ1v) is 6.84. The Morgan fingerprint density at radius 2 is 2.05 bits per heavy atom. The Bertz CT molecular complexity index is 400. The van der Waals surface area contributed by atoms with Gasteiger partial charge in [-0.2, -0.15) is 0 Å². The summed E-state index contributed by atoms with van der Waals surface area (Å²) >= 11 is 0. The predicted molar refractivity (Wildman–Crippen MR) is 77.4 cm³/mol. The number of aromatic nitrogens is 1. The van der Waals surface area contributed by atoms with E-state index in [1.807, 2.05) is 26.0 Å². The molecule has 1 heterocycles. The summed E-state index contributed by atoms with van der Waals surface area (Å²) in [6.07, 6.45) is 0.263. The number of hydrogen-bond donors (Lipinski definition) is 2. The average molecular weight is 266 g/mol. The summed E-state index contributed by atoms with van der Waals surface area (Å²) in [6, 6.07) is 3.85. The molecule has 0 saturated carbocycles. The van der Waals surface area contributed by atoms with E-state index in [1.165, 1.54) is 0 Å². The molecule has 0 amide bonds. The molecule has 1 aromatic rings. The van der Waals surface area contributed by atoms with Crippen LogP contribution >= 0.6 is 0 Å². The molecule has 0 bridgehead atoms. The lowest BCUT2D eigenvalue weighted by Gasteiger charge is -2.21. The number of ether oxygens (including phenoxy) is 1. The van der Waals surface area contributed by atoms with Gasteiger partial charge >= 0.3 is 0 Å². The van der Waals surface area contributed by atoms with Gasteiger partial charge in [-0.3, -0.25) is 4.98 Å². The van der Waals surface area contributed by atoms with E-state index in [1.54, 1.807) is 0 Å². The summed E-state index contributed by atoms with van der Waals surface area (Å²) in [7, 11) is 0. The molecule has 0 aliphatic rings. The first-order chi connectivity index (χ1) is 8.81. The predicted octanol–water partition coefficient (Wildman–Crippen LogP) is 2.43. The molecule has 1 aromatic heterocycles. The van der Waals surface area contributed by atoms with Crippen LogP contribution in [0.1, 0.15) is 45.5 Å². The van der Waals surface area contributed by atoms with E-state index in [4.69, 9.17) is 4.74 Å². The fraction of sp³-hybridized carbons (Fsp3) is 0.667. The highest BCUT2D eigenvalue weighted by atomic mass is 16.5. The van der Waals surface area contributed by atoms with Crippen LogP contribution in [0.25, 0.3) is 0 Å². The van der Waals surface area contributed by atoms with Gasteiger partial charge in [-0.1, -0.05) is 6.92 Å². The summed E-state index contributed by atoms with van der Waals surface area (Å²) in [5.41, 5.74) is 1.89. The highest BCUT2D eigenvalue weighted by Crippen LogP contribution is 2.18. The minimum absolute atomic E-state index is 0.0334. The van der Waals surface area contributed by atoms with Crippen molar-refractivity contribution in [1.29, 1.82) is 0 Å². The van der Waals surface area contributed by atoms with E-state index in [0.717, 1.165) is 17.1 Å². The van der Waals surface area contributed by atoms with Crippen molar-refractivity contribution in [3.8, 4) is 5.75 Å². The second kappa shape index (κ2) is 6.87. The highest BCUT2D eigenvalue weighted by molar-refractivity contribution is 5.29. The van der Waals surface area contributed by atoms with Gasteiger partial charge < -0.3 is 15.2 Å².